The topological polar surface area (TPSA) is 21.4 Å². The van der Waals surface area contributed by atoms with Crippen LogP contribution in [0.1, 0.15) is 6.92 Å². The number of thioether (sulfide) groups is 1. The largest absolute Gasteiger partial charge is 0.308 e. The second-order valence-electron chi connectivity index (χ2n) is 1.12. The molecule has 0 aromatic heterocycles. The highest BCUT2D eigenvalue weighted by Gasteiger charge is 2.00. The quantitative estimate of drug-likeness (QED) is 0.522. The molecule has 0 N–H and O–H groups in total. The Morgan fingerprint density at radius 3 is 2.88 bits per heavy atom. The third-order valence-corrected chi connectivity index (χ3v) is 1.25. The van der Waals surface area contributed by atoms with E-state index in [0.29, 0.717) is 0 Å². The molecule has 0 bridgehead atoms. The molecule has 3 heteroatoms. The Kier molecular flexibility index (Phi) is 4.38. The first-order chi connectivity index (χ1) is 3.81. The van der Waals surface area contributed by atoms with Crippen molar-refractivity contribution in [2.24, 2.45) is 0 Å². The van der Waals surface area contributed by atoms with Crippen LogP contribution in [0.25, 0.3) is 4.85 Å². The summed E-state index contributed by atoms with van der Waals surface area (Å²) in [6, 6.07) is 0. The van der Waals surface area contributed by atoms with Crippen LogP contribution in [0.2, 0.25) is 0 Å². The highest BCUT2D eigenvalue weighted by molar-refractivity contribution is 8.13. The molecule has 0 rings (SSSR count). The fourth-order valence-electron chi connectivity index (χ4n) is 0.271. The molecule has 0 saturated carbocycles. The SMILES string of the molecule is [C-]#[N+]CC(=O)SCC. The average Bonchev–Trinajstić information content (AvgIpc) is 1.68. The van der Waals surface area contributed by atoms with Crippen LogP contribution in [-0.2, 0) is 4.79 Å². The normalized spacial score (nSPS) is 8.00. The van der Waals surface area contributed by atoms with Crippen molar-refractivity contribution in [2.75, 3.05) is 12.3 Å². The molecule has 0 saturated heterocycles. The highest BCUT2D eigenvalue weighted by atomic mass is 32.2. The van der Waals surface area contributed by atoms with E-state index in [1.54, 1.807) is 0 Å². The smallest absolute Gasteiger partial charge is 0.282 e. The molecule has 0 atom stereocenters. The minimum Gasteiger partial charge on any atom is -0.308 e. The summed E-state index contributed by atoms with van der Waals surface area (Å²) in [5.74, 6) is 0.772. The van der Waals surface area contributed by atoms with E-state index in [0.717, 1.165) is 5.75 Å². The van der Waals surface area contributed by atoms with Crippen LogP contribution in [0.4, 0.5) is 0 Å². The zero-order valence-corrected chi connectivity index (χ0v) is 5.49. The van der Waals surface area contributed by atoms with E-state index < -0.39 is 0 Å². The molecular formula is C5H7NOS. The standard InChI is InChI=1S/C5H7NOS/c1-3-8-5(7)4-6-2/h3-4H2,1H3. The van der Waals surface area contributed by atoms with Crippen LogP contribution >= 0.6 is 11.8 Å². The molecule has 0 aromatic carbocycles. The Hall–Kier alpha value is -0.490. The first kappa shape index (κ1) is 7.51. The summed E-state index contributed by atoms with van der Waals surface area (Å²) in [5.41, 5.74) is 0. The summed E-state index contributed by atoms with van der Waals surface area (Å²) in [5, 5.41) is -0.0255. The lowest BCUT2D eigenvalue weighted by Crippen LogP contribution is -1.93. The van der Waals surface area contributed by atoms with Crippen LogP contribution in [0, 0.1) is 6.57 Å². The van der Waals surface area contributed by atoms with Crippen molar-refractivity contribution in [2.45, 2.75) is 6.92 Å². The van der Waals surface area contributed by atoms with Gasteiger partial charge in [-0.1, -0.05) is 18.7 Å². The van der Waals surface area contributed by atoms with Gasteiger partial charge in [-0.2, -0.15) is 0 Å². The lowest BCUT2D eigenvalue weighted by molar-refractivity contribution is -0.109. The lowest BCUT2D eigenvalue weighted by atomic mass is 10.8. The molecule has 0 spiro atoms. The predicted molar refractivity (Wildman–Crippen MR) is 34.6 cm³/mol. The van der Waals surface area contributed by atoms with Gasteiger partial charge in [-0.15, -0.1) is 0 Å². The monoisotopic (exact) mass is 129 g/mol. The van der Waals surface area contributed by atoms with Gasteiger partial charge in [0.1, 0.15) is 0 Å². The number of hydrogen-bond acceptors (Lipinski definition) is 2. The van der Waals surface area contributed by atoms with Crippen molar-refractivity contribution in [3.8, 4) is 0 Å². The molecular weight excluding hydrogens is 122 g/mol. The van der Waals surface area contributed by atoms with Gasteiger partial charge >= 0.3 is 0 Å². The van der Waals surface area contributed by atoms with Crippen molar-refractivity contribution in [3.05, 3.63) is 11.4 Å². The Morgan fingerprint density at radius 1 is 1.88 bits per heavy atom. The van der Waals surface area contributed by atoms with Gasteiger partial charge in [0, 0.05) is 0 Å². The first-order valence-electron chi connectivity index (χ1n) is 2.30. The molecule has 8 heavy (non-hydrogen) atoms. The summed E-state index contributed by atoms with van der Waals surface area (Å²) in [6.07, 6.45) is 0. The average molecular weight is 129 g/mol. The Balaban J connectivity index is 3.23. The number of nitrogens with zero attached hydrogens (tertiary/aromatic N) is 1. The molecule has 0 aromatic rings. The van der Waals surface area contributed by atoms with Crippen LogP contribution in [-0.4, -0.2) is 17.4 Å². The van der Waals surface area contributed by atoms with Crippen LogP contribution in [0.15, 0.2) is 0 Å². The summed E-state index contributed by atoms with van der Waals surface area (Å²) in [7, 11) is 0. The Bertz CT molecular complexity index is 116. The third kappa shape index (κ3) is 3.69. The summed E-state index contributed by atoms with van der Waals surface area (Å²) in [6.45, 7) is 8.22. The molecule has 44 valence electrons. The zero-order valence-electron chi connectivity index (χ0n) is 4.68. The van der Waals surface area contributed by atoms with E-state index in [2.05, 4.69) is 4.85 Å². The molecule has 0 fully saturated rings. The van der Waals surface area contributed by atoms with Gasteiger partial charge in [0.2, 0.25) is 0 Å². The van der Waals surface area contributed by atoms with Crippen LogP contribution in [0.3, 0.4) is 0 Å². The van der Waals surface area contributed by atoms with E-state index in [-0.39, 0.29) is 11.7 Å². The third-order valence-electron chi connectivity index (χ3n) is 0.513. The van der Waals surface area contributed by atoms with Crippen molar-refractivity contribution < 1.29 is 4.79 Å². The van der Waals surface area contributed by atoms with E-state index in [1.807, 2.05) is 6.92 Å². The molecule has 2 nitrogen and oxygen atoms in total. The number of rotatable bonds is 2. The fraction of sp³-hybridized carbons (Fsp3) is 0.600. The van der Waals surface area contributed by atoms with Gasteiger partial charge in [-0.05, 0) is 5.75 Å². The van der Waals surface area contributed by atoms with Gasteiger partial charge in [-0.25, -0.2) is 6.57 Å². The second kappa shape index (κ2) is 4.66. The highest BCUT2D eigenvalue weighted by Crippen LogP contribution is 1.99. The maximum absolute atomic E-state index is 10.4. The molecule has 0 heterocycles. The van der Waals surface area contributed by atoms with Crippen molar-refractivity contribution in [1.29, 1.82) is 0 Å². The molecule has 0 radical (unpaired) electrons. The first-order valence-corrected chi connectivity index (χ1v) is 3.28. The van der Waals surface area contributed by atoms with Gasteiger partial charge < -0.3 is 4.85 Å². The number of hydrogen-bond donors (Lipinski definition) is 0. The number of carbonyl (C=O) groups excluding carboxylic acids is 1. The maximum Gasteiger partial charge on any atom is 0.282 e. The van der Waals surface area contributed by atoms with Crippen LogP contribution < -0.4 is 0 Å². The van der Waals surface area contributed by atoms with Gasteiger partial charge in [0.15, 0.2) is 0 Å². The maximum atomic E-state index is 10.4. The summed E-state index contributed by atoms with van der Waals surface area (Å²) < 4.78 is 0. The van der Waals surface area contributed by atoms with Gasteiger partial charge in [0.25, 0.3) is 11.7 Å². The van der Waals surface area contributed by atoms with Crippen molar-refractivity contribution in [1.82, 2.24) is 0 Å². The lowest BCUT2D eigenvalue weighted by Gasteiger charge is -1.83. The molecule has 0 unspecified atom stereocenters. The van der Waals surface area contributed by atoms with Crippen LogP contribution in [0.5, 0.6) is 0 Å². The fourth-order valence-corrected chi connectivity index (χ4v) is 0.749. The molecule has 0 aliphatic heterocycles. The molecule has 0 amide bonds. The Morgan fingerprint density at radius 2 is 2.50 bits per heavy atom. The molecule has 0 aliphatic carbocycles. The summed E-state index contributed by atoms with van der Waals surface area (Å²) >= 11 is 1.20. The van der Waals surface area contributed by atoms with E-state index in [1.165, 1.54) is 11.8 Å². The van der Waals surface area contributed by atoms with Crippen molar-refractivity contribution in [3.63, 3.8) is 0 Å². The van der Waals surface area contributed by atoms with E-state index in [4.69, 9.17) is 6.57 Å². The van der Waals surface area contributed by atoms with Crippen molar-refractivity contribution >= 4 is 16.9 Å². The minimum absolute atomic E-state index is 0.0255. The van der Waals surface area contributed by atoms with E-state index >= 15 is 0 Å². The second-order valence-corrected chi connectivity index (χ2v) is 2.44. The van der Waals surface area contributed by atoms with Gasteiger partial charge in [0.05, 0.1) is 0 Å². The van der Waals surface area contributed by atoms with E-state index in [9.17, 15) is 4.79 Å². The Labute approximate surface area is 53.1 Å². The summed E-state index contributed by atoms with van der Waals surface area (Å²) in [4.78, 5) is 13.3. The number of carbonyl (C=O) groups is 1. The predicted octanol–water partition coefficient (Wildman–Crippen LogP) is 1.19. The minimum atomic E-state index is -0.0255. The molecule has 0 aliphatic rings. The zero-order chi connectivity index (χ0) is 6.41. The van der Waals surface area contributed by atoms with Gasteiger partial charge in [-0.3, -0.25) is 4.79 Å².